The molecular formula is C25H35NaO5S. The molecule has 2 aromatic rings. The SMILES string of the molecule is CCCCCCCCCCCCCc1ccccc1Oc1cc([O-])cc(S(=O)(=O)O)c1.[Na+]. The number of aryl methyl sites for hydroxylation is 1. The summed E-state index contributed by atoms with van der Waals surface area (Å²) in [5.41, 5.74) is 1.02. The smallest absolute Gasteiger partial charge is 0.872 e. The minimum atomic E-state index is -4.46. The van der Waals surface area contributed by atoms with Gasteiger partial charge in [-0.05, 0) is 36.6 Å². The molecule has 2 rings (SSSR count). The normalized spacial score (nSPS) is 11.2. The number of rotatable bonds is 15. The first kappa shape index (κ1) is 29.0. The molecule has 0 saturated heterocycles. The van der Waals surface area contributed by atoms with E-state index in [4.69, 9.17) is 4.74 Å². The predicted octanol–water partition coefficient (Wildman–Crippen LogP) is 3.66. The molecule has 172 valence electrons. The fourth-order valence-electron chi connectivity index (χ4n) is 3.67. The summed E-state index contributed by atoms with van der Waals surface area (Å²) in [6.45, 7) is 2.24. The molecule has 0 radical (unpaired) electrons. The van der Waals surface area contributed by atoms with Crippen molar-refractivity contribution in [1.29, 1.82) is 0 Å². The molecular weight excluding hydrogens is 435 g/mol. The molecule has 0 fully saturated rings. The Bertz CT molecular complexity index is 899. The van der Waals surface area contributed by atoms with E-state index < -0.39 is 20.8 Å². The van der Waals surface area contributed by atoms with Crippen molar-refractivity contribution in [3.8, 4) is 17.2 Å². The minimum Gasteiger partial charge on any atom is -0.872 e. The topological polar surface area (TPSA) is 86.7 Å². The Morgan fingerprint density at radius 2 is 1.41 bits per heavy atom. The summed E-state index contributed by atoms with van der Waals surface area (Å²) >= 11 is 0. The van der Waals surface area contributed by atoms with Gasteiger partial charge in [-0.3, -0.25) is 4.55 Å². The summed E-state index contributed by atoms with van der Waals surface area (Å²) in [7, 11) is -4.46. The zero-order valence-electron chi connectivity index (χ0n) is 19.5. The van der Waals surface area contributed by atoms with Gasteiger partial charge in [0.05, 0.1) is 4.90 Å². The van der Waals surface area contributed by atoms with E-state index >= 15 is 0 Å². The second-order valence-corrected chi connectivity index (χ2v) is 9.53. The molecule has 0 aliphatic carbocycles. The predicted molar refractivity (Wildman–Crippen MR) is 122 cm³/mol. The van der Waals surface area contributed by atoms with Gasteiger partial charge in [0.25, 0.3) is 10.1 Å². The Morgan fingerprint density at radius 3 is 2.00 bits per heavy atom. The van der Waals surface area contributed by atoms with E-state index in [2.05, 4.69) is 6.92 Å². The second-order valence-electron chi connectivity index (χ2n) is 8.11. The molecule has 0 spiro atoms. The molecule has 0 saturated carbocycles. The van der Waals surface area contributed by atoms with Gasteiger partial charge < -0.3 is 9.84 Å². The quantitative estimate of drug-likeness (QED) is 0.244. The van der Waals surface area contributed by atoms with Crippen LogP contribution in [-0.2, 0) is 16.5 Å². The van der Waals surface area contributed by atoms with Crippen LogP contribution in [0.1, 0.15) is 83.1 Å². The van der Waals surface area contributed by atoms with E-state index in [0.29, 0.717) is 5.75 Å². The van der Waals surface area contributed by atoms with E-state index in [-0.39, 0.29) is 35.3 Å². The van der Waals surface area contributed by atoms with E-state index in [9.17, 15) is 18.1 Å². The van der Waals surface area contributed by atoms with E-state index in [1.54, 1.807) is 6.07 Å². The van der Waals surface area contributed by atoms with Crippen molar-refractivity contribution in [2.75, 3.05) is 0 Å². The molecule has 7 heteroatoms. The monoisotopic (exact) mass is 470 g/mol. The summed E-state index contributed by atoms with van der Waals surface area (Å²) in [6.07, 6.45) is 15.0. The molecule has 1 N–H and O–H groups in total. The zero-order chi connectivity index (χ0) is 22.5. The number of unbranched alkanes of at least 4 members (excludes halogenated alkanes) is 10. The third-order valence-electron chi connectivity index (χ3n) is 5.40. The Morgan fingerprint density at radius 1 is 0.844 bits per heavy atom. The fourth-order valence-corrected chi connectivity index (χ4v) is 4.20. The van der Waals surface area contributed by atoms with Gasteiger partial charge in [0.2, 0.25) is 0 Å². The molecule has 32 heavy (non-hydrogen) atoms. The number of hydrogen-bond acceptors (Lipinski definition) is 4. The van der Waals surface area contributed by atoms with Crippen molar-refractivity contribution in [3.05, 3.63) is 48.0 Å². The molecule has 0 aliphatic rings. The van der Waals surface area contributed by atoms with Gasteiger partial charge in [-0.1, -0.05) is 89.3 Å². The third-order valence-corrected chi connectivity index (χ3v) is 6.23. The van der Waals surface area contributed by atoms with Crippen LogP contribution in [-0.4, -0.2) is 13.0 Å². The van der Waals surface area contributed by atoms with Crippen LogP contribution in [0.25, 0.3) is 0 Å². The summed E-state index contributed by atoms with van der Waals surface area (Å²) in [6, 6.07) is 10.8. The summed E-state index contributed by atoms with van der Waals surface area (Å²) < 4.78 is 37.7. The maximum atomic E-state index is 11.8. The van der Waals surface area contributed by atoms with Gasteiger partial charge in [0, 0.05) is 6.07 Å². The number of ether oxygens (including phenoxy) is 1. The van der Waals surface area contributed by atoms with Crippen LogP contribution in [0.4, 0.5) is 0 Å². The van der Waals surface area contributed by atoms with Gasteiger partial charge in [-0.2, -0.15) is 8.42 Å². The number of para-hydroxylation sites is 1. The van der Waals surface area contributed by atoms with Gasteiger partial charge in [-0.25, -0.2) is 0 Å². The van der Waals surface area contributed by atoms with Crippen LogP contribution in [0.2, 0.25) is 0 Å². The molecule has 0 atom stereocenters. The van der Waals surface area contributed by atoms with Gasteiger partial charge >= 0.3 is 29.6 Å². The Balaban J connectivity index is 0.00000512. The molecule has 2 aromatic carbocycles. The van der Waals surface area contributed by atoms with E-state index in [1.165, 1.54) is 63.9 Å². The average Bonchev–Trinajstić information content (AvgIpc) is 2.72. The van der Waals surface area contributed by atoms with Crippen LogP contribution < -0.4 is 39.4 Å². The number of benzene rings is 2. The van der Waals surface area contributed by atoms with Gasteiger partial charge in [0.15, 0.2) is 0 Å². The molecule has 0 heterocycles. The molecule has 0 aliphatic heterocycles. The molecule has 0 aromatic heterocycles. The Hall–Kier alpha value is -1.05. The third kappa shape index (κ3) is 11.2. The van der Waals surface area contributed by atoms with E-state index in [0.717, 1.165) is 37.0 Å². The maximum absolute atomic E-state index is 11.8. The Labute approximate surface area is 215 Å². The molecule has 5 nitrogen and oxygen atoms in total. The first-order valence-electron chi connectivity index (χ1n) is 11.5. The van der Waals surface area contributed by atoms with Crippen molar-refractivity contribution in [2.45, 2.75) is 88.9 Å². The Kier molecular flexibility index (Phi) is 14.2. The van der Waals surface area contributed by atoms with Crippen molar-refractivity contribution in [1.82, 2.24) is 0 Å². The van der Waals surface area contributed by atoms with Crippen LogP contribution in [0.15, 0.2) is 47.4 Å². The molecule has 0 unspecified atom stereocenters. The fraction of sp³-hybridized carbons (Fsp3) is 0.520. The maximum Gasteiger partial charge on any atom is 1.00 e. The number of hydrogen-bond donors (Lipinski definition) is 1. The standard InChI is InChI=1S/C25H36O5S.Na/c1-2-3-4-5-6-7-8-9-10-11-12-15-21-16-13-14-17-25(21)30-23-18-22(26)19-24(20-23)31(27,28)29;/h13-14,16-20,26H,2-12,15H2,1H3,(H,27,28,29);/q;+1/p-1. The summed E-state index contributed by atoms with van der Waals surface area (Å²) in [5.74, 6) is 0.168. The van der Waals surface area contributed by atoms with Crippen LogP contribution in [0, 0.1) is 0 Å². The van der Waals surface area contributed by atoms with Crippen molar-refractivity contribution in [3.63, 3.8) is 0 Å². The van der Waals surface area contributed by atoms with Gasteiger partial charge in [-0.15, -0.1) is 5.75 Å². The average molecular weight is 471 g/mol. The first-order chi connectivity index (χ1) is 14.9. The summed E-state index contributed by atoms with van der Waals surface area (Å²) in [4.78, 5) is -0.460. The molecule has 0 amide bonds. The van der Waals surface area contributed by atoms with E-state index in [1.807, 2.05) is 18.2 Å². The van der Waals surface area contributed by atoms with Crippen LogP contribution in [0.5, 0.6) is 17.2 Å². The molecule has 0 bridgehead atoms. The zero-order valence-corrected chi connectivity index (χ0v) is 22.3. The minimum absolute atomic E-state index is 0. The van der Waals surface area contributed by atoms with Crippen LogP contribution >= 0.6 is 0 Å². The second kappa shape index (κ2) is 15.7. The first-order valence-corrected chi connectivity index (χ1v) is 12.9. The van der Waals surface area contributed by atoms with Crippen molar-refractivity contribution < 1.29 is 52.4 Å². The van der Waals surface area contributed by atoms with Crippen LogP contribution in [0.3, 0.4) is 0 Å². The largest absolute Gasteiger partial charge is 1.00 e. The van der Waals surface area contributed by atoms with Crippen molar-refractivity contribution >= 4 is 10.1 Å². The van der Waals surface area contributed by atoms with Gasteiger partial charge in [0.1, 0.15) is 11.5 Å². The summed E-state index contributed by atoms with van der Waals surface area (Å²) in [5, 5.41) is 11.8. The van der Waals surface area contributed by atoms with Crippen molar-refractivity contribution in [2.24, 2.45) is 0 Å².